The Balaban J connectivity index is 1.16. The molecule has 6 rings (SSSR count). The van der Waals surface area contributed by atoms with Crippen LogP contribution < -0.4 is 9.64 Å². The zero-order chi connectivity index (χ0) is 24.6. The number of azo groups is 1. The molecule has 1 aliphatic carbocycles. The highest BCUT2D eigenvalue weighted by Crippen LogP contribution is 2.35. The van der Waals surface area contributed by atoms with Gasteiger partial charge in [-0.1, -0.05) is 54.6 Å². The van der Waals surface area contributed by atoms with Crippen LogP contribution in [0, 0.1) is 5.92 Å². The lowest BCUT2D eigenvalue weighted by Gasteiger charge is -2.20. The van der Waals surface area contributed by atoms with Crippen molar-refractivity contribution in [1.29, 1.82) is 0 Å². The number of allylic oxidation sites excluding steroid dienone is 3. The molecule has 7 heteroatoms. The van der Waals surface area contributed by atoms with Gasteiger partial charge < -0.3 is 14.5 Å². The Labute approximate surface area is 210 Å². The van der Waals surface area contributed by atoms with E-state index in [0.29, 0.717) is 18.7 Å². The average Bonchev–Trinajstić information content (AvgIpc) is 3.50. The number of ether oxygens (including phenoxy) is 1. The second kappa shape index (κ2) is 9.32. The van der Waals surface area contributed by atoms with Gasteiger partial charge in [-0.25, -0.2) is 0 Å². The Bertz CT molecular complexity index is 1340. The Hall–Kier alpha value is -3.84. The number of hydrogen-bond acceptors (Lipinski definition) is 5. The maximum Gasteiger partial charge on any atom is 0.276 e. The number of likely N-dealkylation sites (N-methyl/N-ethyl adjacent to an activating group) is 1. The summed E-state index contributed by atoms with van der Waals surface area (Å²) in [7, 11) is 2.11. The van der Waals surface area contributed by atoms with Gasteiger partial charge in [0.2, 0.25) is 5.91 Å². The van der Waals surface area contributed by atoms with Gasteiger partial charge in [0.05, 0.1) is 23.7 Å². The molecule has 36 heavy (non-hydrogen) atoms. The molecule has 1 fully saturated rings. The van der Waals surface area contributed by atoms with Crippen LogP contribution in [-0.2, 0) is 22.4 Å². The van der Waals surface area contributed by atoms with Gasteiger partial charge in [-0.2, -0.15) is 0 Å². The van der Waals surface area contributed by atoms with Crippen LogP contribution in [0.5, 0.6) is 5.75 Å². The Kier molecular flexibility index (Phi) is 5.85. The first kappa shape index (κ1) is 22.6. The van der Waals surface area contributed by atoms with Crippen molar-refractivity contribution in [2.75, 3.05) is 31.6 Å². The van der Waals surface area contributed by atoms with Gasteiger partial charge in [0.15, 0.2) is 0 Å². The lowest BCUT2D eigenvalue weighted by atomic mass is 9.89. The zero-order valence-corrected chi connectivity index (χ0v) is 20.3. The molecule has 3 heterocycles. The van der Waals surface area contributed by atoms with E-state index in [2.05, 4.69) is 28.2 Å². The third-order valence-corrected chi connectivity index (χ3v) is 7.30. The van der Waals surface area contributed by atoms with Crippen LogP contribution >= 0.6 is 0 Å². The summed E-state index contributed by atoms with van der Waals surface area (Å²) < 4.78 is 6.20. The molecule has 3 aliphatic heterocycles. The van der Waals surface area contributed by atoms with Crippen LogP contribution in [0.1, 0.15) is 23.1 Å². The van der Waals surface area contributed by atoms with Crippen LogP contribution in [0.15, 0.2) is 82.6 Å². The summed E-state index contributed by atoms with van der Waals surface area (Å²) in [4.78, 5) is 29.5. The fourth-order valence-electron chi connectivity index (χ4n) is 5.35. The lowest BCUT2D eigenvalue weighted by Crippen LogP contribution is -2.30. The molecule has 0 spiro atoms. The summed E-state index contributed by atoms with van der Waals surface area (Å²) >= 11 is 0. The van der Waals surface area contributed by atoms with Crippen molar-refractivity contribution in [1.82, 2.24) is 4.90 Å². The maximum atomic E-state index is 13.3. The molecule has 182 valence electrons. The first-order valence-corrected chi connectivity index (χ1v) is 12.5. The lowest BCUT2D eigenvalue weighted by molar-refractivity contribution is -0.120. The van der Waals surface area contributed by atoms with E-state index in [9.17, 15) is 9.59 Å². The number of amides is 2. The number of carbonyl (C=O) groups is 2. The molecule has 1 unspecified atom stereocenters. The summed E-state index contributed by atoms with van der Waals surface area (Å²) in [5.41, 5.74) is 5.52. The minimum atomic E-state index is -0.373. The molecule has 2 atom stereocenters. The maximum absolute atomic E-state index is 13.3. The van der Waals surface area contributed by atoms with Gasteiger partial charge in [-0.05, 0) is 42.7 Å². The first-order valence-electron chi connectivity index (χ1n) is 12.5. The normalized spacial score (nSPS) is 22.8. The quantitative estimate of drug-likeness (QED) is 0.638. The molecule has 0 bridgehead atoms. The molecule has 0 radical (unpaired) electrons. The number of hydrogen-bond donors (Lipinski definition) is 0. The van der Waals surface area contributed by atoms with E-state index in [1.165, 1.54) is 5.56 Å². The predicted molar refractivity (Wildman–Crippen MR) is 138 cm³/mol. The fraction of sp³-hybridized carbons (Fsp3) is 0.310. The molecule has 2 aromatic rings. The smallest absolute Gasteiger partial charge is 0.276 e. The van der Waals surface area contributed by atoms with Crippen molar-refractivity contribution in [2.24, 2.45) is 16.1 Å². The van der Waals surface area contributed by atoms with Crippen LogP contribution in [0.2, 0.25) is 0 Å². The van der Waals surface area contributed by atoms with E-state index in [0.717, 1.165) is 54.1 Å². The zero-order valence-electron chi connectivity index (χ0n) is 20.3. The van der Waals surface area contributed by atoms with Crippen molar-refractivity contribution in [2.45, 2.75) is 25.4 Å². The Morgan fingerprint density at radius 1 is 1.08 bits per heavy atom. The van der Waals surface area contributed by atoms with E-state index in [1.807, 2.05) is 65.6 Å². The summed E-state index contributed by atoms with van der Waals surface area (Å²) in [6.07, 6.45) is 9.93. The number of likely N-dealkylation sites (tertiary alicyclic amines) is 1. The van der Waals surface area contributed by atoms with Crippen LogP contribution in [0.25, 0.3) is 5.70 Å². The highest BCUT2D eigenvalue weighted by Gasteiger charge is 2.29. The van der Waals surface area contributed by atoms with Crippen molar-refractivity contribution >= 4 is 23.2 Å². The molecule has 0 aromatic heterocycles. The number of fused-ring (bicyclic) bond motifs is 2. The number of benzene rings is 2. The summed E-state index contributed by atoms with van der Waals surface area (Å²) in [5.74, 6) is 0.288. The predicted octanol–water partition coefficient (Wildman–Crippen LogP) is 4.35. The van der Waals surface area contributed by atoms with E-state index in [1.54, 1.807) is 0 Å². The molecule has 2 amide bonds. The van der Waals surface area contributed by atoms with Crippen molar-refractivity contribution < 1.29 is 14.3 Å². The molecule has 4 aliphatic rings. The minimum Gasteiger partial charge on any atom is -0.489 e. The second-order valence-corrected chi connectivity index (χ2v) is 9.81. The summed E-state index contributed by atoms with van der Waals surface area (Å²) in [6, 6.07) is 13.9. The van der Waals surface area contributed by atoms with Crippen molar-refractivity contribution in [3.63, 3.8) is 0 Å². The average molecular weight is 481 g/mol. The van der Waals surface area contributed by atoms with Gasteiger partial charge in [-0.15, -0.1) is 10.2 Å². The van der Waals surface area contributed by atoms with Crippen LogP contribution in [0.4, 0.5) is 5.69 Å². The van der Waals surface area contributed by atoms with Crippen LogP contribution in [-0.4, -0.2) is 49.5 Å². The Morgan fingerprint density at radius 2 is 1.94 bits per heavy atom. The third-order valence-electron chi connectivity index (χ3n) is 7.30. The highest BCUT2D eigenvalue weighted by molar-refractivity contribution is 5.97. The number of carbonyl (C=O) groups excluding carboxylic acids is 2. The molecular formula is C29H28N4O3. The molecule has 0 N–H and O–H groups in total. The van der Waals surface area contributed by atoms with E-state index >= 15 is 0 Å². The summed E-state index contributed by atoms with van der Waals surface area (Å²) in [5, 5.41) is 8.00. The highest BCUT2D eigenvalue weighted by atomic mass is 16.5. The monoisotopic (exact) mass is 480 g/mol. The molecule has 0 saturated carbocycles. The number of rotatable bonds is 5. The van der Waals surface area contributed by atoms with Gasteiger partial charge in [0.1, 0.15) is 11.9 Å². The van der Waals surface area contributed by atoms with E-state index in [-0.39, 0.29) is 23.8 Å². The summed E-state index contributed by atoms with van der Waals surface area (Å²) in [6.45, 7) is 2.67. The molecule has 1 saturated heterocycles. The van der Waals surface area contributed by atoms with E-state index in [4.69, 9.17) is 4.74 Å². The van der Waals surface area contributed by atoms with Crippen molar-refractivity contribution in [3.05, 3.63) is 89.0 Å². The molecule has 7 nitrogen and oxygen atoms in total. The third kappa shape index (κ3) is 4.31. The SMILES string of the molecule is CN1CC[C@@H](Oc2ccc3c(c2)N(C(=O)Cc2ccc(C4=C5C=CC=CC5C(=O)N=N4)cc2)CC3)C1. The van der Waals surface area contributed by atoms with Crippen LogP contribution in [0.3, 0.4) is 0 Å². The number of nitrogens with zero attached hydrogens (tertiary/aromatic N) is 4. The van der Waals surface area contributed by atoms with Gasteiger partial charge >= 0.3 is 0 Å². The van der Waals surface area contributed by atoms with Crippen molar-refractivity contribution in [3.8, 4) is 5.75 Å². The van der Waals surface area contributed by atoms with E-state index < -0.39 is 0 Å². The first-order chi connectivity index (χ1) is 17.5. The largest absolute Gasteiger partial charge is 0.489 e. The standard InChI is InChI=1S/C29H28N4O3/c1-32-14-13-23(18-32)36-22-11-10-20-12-15-33(26(20)17-22)27(34)16-19-6-8-21(9-7-19)28-24-4-2-3-5-25(24)29(35)31-30-28/h2-11,17,23,25H,12-16,18H2,1H3/t23-,25?/m1/s1. The second-order valence-electron chi connectivity index (χ2n) is 9.81. The fourth-order valence-corrected chi connectivity index (χ4v) is 5.35. The molecular weight excluding hydrogens is 452 g/mol. The van der Waals surface area contributed by atoms with Gasteiger partial charge in [0.25, 0.3) is 5.91 Å². The molecule has 2 aromatic carbocycles. The topological polar surface area (TPSA) is 74.6 Å². The van der Waals surface area contributed by atoms with Gasteiger partial charge in [-0.3, -0.25) is 9.59 Å². The minimum absolute atomic E-state index is 0.0737. The van der Waals surface area contributed by atoms with Gasteiger partial charge in [0, 0.05) is 31.3 Å². The Morgan fingerprint density at radius 3 is 2.75 bits per heavy atom. The number of anilines is 1.